The molecular weight excluding hydrogens is 498 g/mol. The summed E-state index contributed by atoms with van der Waals surface area (Å²) >= 11 is 0. The molecule has 1 aliphatic heterocycles. The van der Waals surface area contributed by atoms with Gasteiger partial charge < -0.3 is 24.1 Å². The third-order valence-electron chi connectivity index (χ3n) is 6.56. The molecule has 1 fully saturated rings. The smallest absolute Gasteiger partial charge is 0.315 e. The minimum atomic E-state index is -1.65. The molecule has 2 aliphatic rings. The van der Waals surface area contributed by atoms with Crippen LogP contribution in [0.5, 0.6) is 11.5 Å². The van der Waals surface area contributed by atoms with Gasteiger partial charge in [-0.15, -0.1) is 0 Å². The number of carbonyl (C=O) groups is 2. The number of rotatable bonds is 8. The minimum Gasteiger partial charge on any atom is -0.466 e. The van der Waals surface area contributed by atoms with Crippen molar-refractivity contribution < 1.29 is 38.6 Å². The predicted octanol–water partition coefficient (Wildman–Crippen LogP) is 3.39. The van der Waals surface area contributed by atoms with Crippen LogP contribution in [-0.2, 0) is 19.1 Å². The minimum absolute atomic E-state index is 0.0373. The van der Waals surface area contributed by atoms with Gasteiger partial charge in [-0.3, -0.25) is 25.1 Å². The molecule has 0 bridgehead atoms. The third-order valence-corrected chi connectivity index (χ3v) is 6.56. The molecule has 2 aromatic carbocycles. The number of aliphatic hydroxyl groups is 1. The summed E-state index contributed by atoms with van der Waals surface area (Å²) in [6.45, 7) is 5.04. The normalized spacial score (nSPS) is 25.1. The van der Waals surface area contributed by atoms with Crippen molar-refractivity contribution in [3.63, 3.8) is 0 Å². The van der Waals surface area contributed by atoms with E-state index < -0.39 is 40.2 Å². The zero-order valence-corrected chi connectivity index (χ0v) is 21.2. The maximum absolute atomic E-state index is 13.4. The molecule has 0 unspecified atom stereocenters. The summed E-state index contributed by atoms with van der Waals surface area (Å²) in [4.78, 5) is 37.1. The van der Waals surface area contributed by atoms with E-state index in [0.29, 0.717) is 22.7 Å². The Bertz CT molecular complexity index is 1240. The number of nitrogens with one attached hydrogen (secondary N) is 1. The highest BCUT2D eigenvalue weighted by Crippen LogP contribution is 2.49. The molecule has 4 atom stereocenters. The van der Waals surface area contributed by atoms with E-state index in [4.69, 9.17) is 18.9 Å². The van der Waals surface area contributed by atoms with Crippen LogP contribution in [0.2, 0.25) is 0 Å². The fourth-order valence-corrected chi connectivity index (χ4v) is 4.93. The van der Waals surface area contributed by atoms with Crippen LogP contribution in [0.1, 0.15) is 38.7 Å². The van der Waals surface area contributed by atoms with Gasteiger partial charge in [-0.25, -0.2) is 0 Å². The number of esters is 2. The predicted molar refractivity (Wildman–Crippen MR) is 135 cm³/mol. The van der Waals surface area contributed by atoms with Gasteiger partial charge in [0.15, 0.2) is 11.5 Å². The van der Waals surface area contributed by atoms with E-state index in [-0.39, 0.29) is 37.8 Å². The summed E-state index contributed by atoms with van der Waals surface area (Å²) < 4.78 is 21.6. The van der Waals surface area contributed by atoms with Gasteiger partial charge in [0.05, 0.1) is 41.1 Å². The number of non-ortho nitro benzene ring substituents is 1. The lowest BCUT2D eigenvalue weighted by atomic mass is 9.61. The monoisotopic (exact) mass is 527 g/mol. The third kappa shape index (κ3) is 5.40. The topological polar surface area (TPSA) is 159 Å². The number of hydrazone groups is 1. The number of fused-ring (bicyclic) bond motifs is 1. The second-order valence-electron chi connectivity index (χ2n) is 9.15. The average Bonchev–Trinajstić information content (AvgIpc) is 3.35. The molecular formula is C26H29N3O9. The van der Waals surface area contributed by atoms with Crippen LogP contribution in [0, 0.1) is 22.0 Å². The molecule has 1 saturated carbocycles. The Morgan fingerprint density at radius 3 is 2.42 bits per heavy atom. The van der Waals surface area contributed by atoms with Crippen molar-refractivity contribution in [1.82, 2.24) is 0 Å². The molecule has 202 valence electrons. The maximum Gasteiger partial charge on any atom is 0.315 e. The average molecular weight is 528 g/mol. The highest BCUT2D eigenvalue weighted by Gasteiger charge is 2.56. The first kappa shape index (κ1) is 26.9. The maximum atomic E-state index is 13.4. The van der Waals surface area contributed by atoms with E-state index in [9.17, 15) is 24.8 Å². The second-order valence-corrected chi connectivity index (χ2v) is 9.15. The van der Waals surface area contributed by atoms with Gasteiger partial charge >= 0.3 is 11.9 Å². The number of nitro benzene ring substituents is 1. The molecule has 2 aromatic rings. The molecule has 2 N–H and O–H groups in total. The van der Waals surface area contributed by atoms with Crippen LogP contribution in [0.3, 0.4) is 0 Å². The Labute approximate surface area is 218 Å². The molecule has 12 heteroatoms. The van der Waals surface area contributed by atoms with Crippen molar-refractivity contribution in [3.8, 4) is 11.5 Å². The fourth-order valence-electron chi connectivity index (χ4n) is 4.93. The fraction of sp³-hybridized carbons (Fsp3) is 0.423. The first-order chi connectivity index (χ1) is 18.2. The van der Waals surface area contributed by atoms with Crippen molar-refractivity contribution in [2.75, 3.05) is 25.4 Å². The summed E-state index contributed by atoms with van der Waals surface area (Å²) in [5, 5.41) is 26.9. The molecule has 1 heterocycles. The SMILES string of the molecule is CCOC(=O)[C@@H]1/C(=N/Nc2ccc([N+](=O)[O-])cc2)C[C@](C)(O)[C@H](C(=O)OCC)[C@H]1c1ccc2c(c1)OCO2. The van der Waals surface area contributed by atoms with E-state index in [1.54, 1.807) is 32.0 Å². The Balaban J connectivity index is 1.80. The number of nitrogens with zero attached hydrogens (tertiary/aromatic N) is 2. The van der Waals surface area contributed by atoms with Gasteiger partial charge in [0.25, 0.3) is 5.69 Å². The van der Waals surface area contributed by atoms with Crippen LogP contribution in [0.25, 0.3) is 0 Å². The van der Waals surface area contributed by atoms with Crippen LogP contribution < -0.4 is 14.9 Å². The van der Waals surface area contributed by atoms with Crippen LogP contribution >= 0.6 is 0 Å². The van der Waals surface area contributed by atoms with E-state index in [1.165, 1.54) is 31.2 Å². The van der Waals surface area contributed by atoms with Gasteiger partial charge in [-0.1, -0.05) is 6.07 Å². The van der Waals surface area contributed by atoms with Crippen molar-refractivity contribution in [3.05, 3.63) is 58.1 Å². The zero-order valence-electron chi connectivity index (χ0n) is 21.2. The molecule has 0 aromatic heterocycles. The molecule has 0 spiro atoms. The second kappa shape index (κ2) is 11.1. The van der Waals surface area contributed by atoms with Gasteiger partial charge in [0.2, 0.25) is 6.79 Å². The zero-order chi connectivity index (χ0) is 27.4. The highest BCUT2D eigenvalue weighted by molar-refractivity contribution is 6.06. The van der Waals surface area contributed by atoms with E-state index in [0.717, 1.165) is 0 Å². The Morgan fingerprint density at radius 1 is 1.11 bits per heavy atom. The summed E-state index contributed by atoms with van der Waals surface area (Å²) in [6.07, 6.45) is -0.138. The molecule has 4 rings (SSSR count). The molecule has 0 radical (unpaired) electrons. The number of hydrogen-bond acceptors (Lipinski definition) is 11. The summed E-state index contributed by atoms with van der Waals surface area (Å²) in [7, 11) is 0. The van der Waals surface area contributed by atoms with E-state index in [1.807, 2.05) is 0 Å². The number of hydrogen-bond donors (Lipinski definition) is 2. The van der Waals surface area contributed by atoms with Crippen molar-refractivity contribution in [1.29, 1.82) is 0 Å². The Morgan fingerprint density at radius 2 is 1.76 bits per heavy atom. The lowest BCUT2D eigenvalue weighted by molar-refractivity contribution is -0.384. The van der Waals surface area contributed by atoms with Gasteiger partial charge in [-0.2, -0.15) is 5.10 Å². The van der Waals surface area contributed by atoms with Gasteiger partial charge in [-0.05, 0) is 50.6 Å². The number of nitro groups is 1. The Kier molecular flexibility index (Phi) is 7.81. The van der Waals surface area contributed by atoms with E-state index in [2.05, 4.69) is 10.5 Å². The highest BCUT2D eigenvalue weighted by atomic mass is 16.7. The van der Waals surface area contributed by atoms with Crippen molar-refractivity contribution >= 4 is 29.0 Å². The lowest BCUT2D eigenvalue weighted by Crippen LogP contribution is -2.55. The molecule has 0 saturated heterocycles. The molecule has 12 nitrogen and oxygen atoms in total. The lowest BCUT2D eigenvalue weighted by Gasteiger charge is -2.45. The quantitative estimate of drug-likeness (QED) is 0.296. The summed E-state index contributed by atoms with van der Waals surface area (Å²) in [5.41, 5.74) is 2.29. The number of carbonyl (C=O) groups excluding carboxylic acids is 2. The van der Waals surface area contributed by atoms with Crippen LogP contribution in [0.4, 0.5) is 11.4 Å². The number of benzene rings is 2. The summed E-state index contributed by atoms with van der Waals surface area (Å²) in [5.74, 6) is -3.42. The van der Waals surface area contributed by atoms with Crippen LogP contribution in [-0.4, -0.2) is 53.3 Å². The standard InChI is InChI=1S/C26H29N3O9/c1-4-35-24(30)22-18(28-27-16-7-9-17(10-8-16)29(33)34)13-26(3,32)23(25(31)36-5-2)21(22)15-6-11-19-20(12-15)38-14-37-19/h6-12,21-23,27,32H,4-5,13-14H2,1-3H3/b28-18+/t21-,22+,23-,26-/m0/s1. The summed E-state index contributed by atoms with van der Waals surface area (Å²) in [6, 6.07) is 10.6. The van der Waals surface area contributed by atoms with Crippen LogP contribution in [0.15, 0.2) is 47.6 Å². The number of ether oxygens (including phenoxy) is 4. The molecule has 0 amide bonds. The first-order valence-electron chi connectivity index (χ1n) is 12.2. The largest absolute Gasteiger partial charge is 0.466 e. The Hall–Kier alpha value is -4.19. The van der Waals surface area contributed by atoms with Gasteiger partial charge in [0, 0.05) is 24.5 Å². The number of anilines is 1. The van der Waals surface area contributed by atoms with Crippen molar-refractivity contribution in [2.24, 2.45) is 16.9 Å². The van der Waals surface area contributed by atoms with Gasteiger partial charge in [0.1, 0.15) is 5.92 Å². The molecule has 38 heavy (non-hydrogen) atoms. The molecule has 1 aliphatic carbocycles. The van der Waals surface area contributed by atoms with E-state index >= 15 is 0 Å². The van der Waals surface area contributed by atoms with Crippen molar-refractivity contribution in [2.45, 2.75) is 38.7 Å². The first-order valence-corrected chi connectivity index (χ1v) is 12.2.